The first-order chi connectivity index (χ1) is 4.93. The zero-order chi connectivity index (χ0) is 7.23. The predicted octanol–water partition coefficient (Wildman–Crippen LogP) is 2.87. The molecule has 1 rings (SSSR count). The van der Waals surface area contributed by atoms with Crippen LogP contribution < -0.4 is 0 Å². The van der Waals surface area contributed by atoms with E-state index >= 15 is 0 Å². The van der Waals surface area contributed by atoms with Gasteiger partial charge in [-0.3, -0.25) is 0 Å². The Morgan fingerprint density at radius 1 is 1.60 bits per heavy atom. The van der Waals surface area contributed by atoms with Crippen molar-refractivity contribution in [2.45, 2.75) is 39.0 Å². The third kappa shape index (κ3) is 2.42. The summed E-state index contributed by atoms with van der Waals surface area (Å²) in [6.45, 7) is 3.11. The van der Waals surface area contributed by atoms with Crippen molar-refractivity contribution in [3.63, 3.8) is 0 Å². The summed E-state index contributed by atoms with van der Waals surface area (Å²) in [7, 11) is 0. The lowest BCUT2D eigenvalue weighted by Crippen LogP contribution is -1.91. The minimum Gasteiger partial charge on any atom is -0.498 e. The van der Waals surface area contributed by atoms with E-state index in [0.29, 0.717) is 0 Å². The number of hydrogen-bond donors (Lipinski definition) is 0. The van der Waals surface area contributed by atoms with E-state index < -0.39 is 0 Å². The number of hydrogen-bond acceptors (Lipinski definition) is 1. The first kappa shape index (κ1) is 7.64. The second-order valence-corrected chi connectivity index (χ2v) is 2.76. The smallest absolute Gasteiger partial charge is 0.0920 e. The summed E-state index contributed by atoms with van der Waals surface area (Å²) in [5.41, 5.74) is 0. The maximum absolute atomic E-state index is 5.50. The Balaban J connectivity index is 2.01. The Hall–Kier alpha value is -0.460. The third-order valence-electron chi connectivity index (χ3n) is 1.78. The lowest BCUT2D eigenvalue weighted by molar-refractivity contribution is 0.201. The van der Waals surface area contributed by atoms with E-state index in [2.05, 4.69) is 13.0 Å². The van der Waals surface area contributed by atoms with E-state index in [4.69, 9.17) is 4.74 Å². The molecule has 0 fully saturated rings. The van der Waals surface area contributed by atoms with Gasteiger partial charge in [-0.2, -0.15) is 0 Å². The van der Waals surface area contributed by atoms with Crippen LogP contribution in [0.25, 0.3) is 0 Å². The number of allylic oxidation sites excluding steroid dienone is 2. The molecule has 0 aromatic rings. The van der Waals surface area contributed by atoms with Gasteiger partial charge in [0.1, 0.15) is 0 Å². The van der Waals surface area contributed by atoms with Gasteiger partial charge in [-0.1, -0.05) is 13.3 Å². The summed E-state index contributed by atoms with van der Waals surface area (Å²) in [4.78, 5) is 0. The number of rotatable bonds is 4. The molecule has 0 saturated heterocycles. The molecule has 0 amide bonds. The SMILES string of the molecule is CCCCOC1=CCCC1. The summed E-state index contributed by atoms with van der Waals surface area (Å²) < 4.78 is 5.50. The molecular weight excluding hydrogens is 124 g/mol. The van der Waals surface area contributed by atoms with Gasteiger partial charge >= 0.3 is 0 Å². The summed E-state index contributed by atoms with van der Waals surface area (Å²) in [5, 5.41) is 0. The molecule has 1 aliphatic rings. The standard InChI is InChI=1S/C9H16O/c1-2-3-8-10-9-6-4-5-7-9/h6H,2-5,7-8H2,1H3. The van der Waals surface area contributed by atoms with Crippen molar-refractivity contribution in [2.24, 2.45) is 0 Å². The molecular formula is C9H16O. The van der Waals surface area contributed by atoms with Gasteiger partial charge in [-0.15, -0.1) is 0 Å². The van der Waals surface area contributed by atoms with E-state index in [9.17, 15) is 0 Å². The van der Waals surface area contributed by atoms with Crippen LogP contribution in [0.3, 0.4) is 0 Å². The van der Waals surface area contributed by atoms with Crippen molar-refractivity contribution < 1.29 is 4.74 Å². The fraction of sp³-hybridized carbons (Fsp3) is 0.778. The molecule has 0 heterocycles. The van der Waals surface area contributed by atoms with E-state index in [1.807, 2.05) is 0 Å². The van der Waals surface area contributed by atoms with Crippen LogP contribution in [0.1, 0.15) is 39.0 Å². The van der Waals surface area contributed by atoms with Crippen molar-refractivity contribution in [3.8, 4) is 0 Å². The van der Waals surface area contributed by atoms with E-state index in [0.717, 1.165) is 6.61 Å². The maximum Gasteiger partial charge on any atom is 0.0920 e. The third-order valence-corrected chi connectivity index (χ3v) is 1.78. The van der Waals surface area contributed by atoms with Crippen LogP contribution in [-0.4, -0.2) is 6.61 Å². The second-order valence-electron chi connectivity index (χ2n) is 2.76. The first-order valence-electron chi connectivity index (χ1n) is 4.25. The Morgan fingerprint density at radius 2 is 2.50 bits per heavy atom. The fourth-order valence-corrected chi connectivity index (χ4v) is 1.12. The molecule has 1 nitrogen and oxygen atoms in total. The van der Waals surface area contributed by atoms with Crippen molar-refractivity contribution in [3.05, 3.63) is 11.8 Å². The molecule has 0 aliphatic heterocycles. The largest absolute Gasteiger partial charge is 0.498 e. The molecule has 1 heteroatoms. The Labute approximate surface area is 63.1 Å². The van der Waals surface area contributed by atoms with Crippen molar-refractivity contribution in [2.75, 3.05) is 6.61 Å². The molecule has 0 aromatic heterocycles. The summed E-state index contributed by atoms with van der Waals surface area (Å²) in [6, 6.07) is 0. The van der Waals surface area contributed by atoms with Gasteiger partial charge in [0, 0.05) is 6.42 Å². The van der Waals surface area contributed by atoms with Crippen LogP contribution in [0, 0.1) is 0 Å². The average Bonchev–Trinajstić information content (AvgIpc) is 2.41. The van der Waals surface area contributed by atoms with Gasteiger partial charge in [0.05, 0.1) is 12.4 Å². The highest BCUT2D eigenvalue weighted by Gasteiger charge is 2.03. The molecule has 0 spiro atoms. The minimum absolute atomic E-state index is 0.919. The van der Waals surface area contributed by atoms with Gasteiger partial charge in [-0.25, -0.2) is 0 Å². The van der Waals surface area contributed by atoms with Crippen LogP contribution in [0.2, 0.25) is 0 Å². The second kappa shape index (κ2) is 4.37. The molecule has 0 unspecified atom stereocenters. The molecule has 10 heavy (non-hydrogen) atoms. The molecule has 0 bridgehead atoms. The average molecular weight is 140 g/mol. The lowest BCUT2D eigenvalue weighted by atomic mass is 10.3. The Kier molecular flexibility index (Phi) is 3.34. The normalized spacial score (nSPS) is 17.1. The van der Waals surface area contributed by atoms with Crippen LogP contribution in [-0.2, 0) is 4.74 Å². The molecule has 0 radical (unpaired) electrons. The highest BCUT2D eigenvalue weighted by atomic mass is 16.5. The highest BCUT2D eigenvalue weighted by Crippen LogP contribution is 2.18. The van der Waals surface area contributed by atoms with Crippen LogP contribution in [0.5, 0.6) is 0 Å². The summed E-state index contributed by atoms with van der Waals surface area (Å²) >= 11 is 0. The maximum atomic E-state index is 5.50. The first-order valence-corrected chi connectivity index (χ1v) is 4.25. The number of unbranched alkanes of at least 4 members (excludes halogenated alkanes) is 1. The van der Waals surface area contributed by atoms with Crippen molar-refractivity contribution >= 4 is 0 Å². The molecule has 58 valence electrons. The van der Waals surface area contributed by atoms with E-state index in [-0.39, 0.29) is 0 Å². The summed E-state index contributed by atoms with van der Waals surface area (Å²) in [5.74, 6) is 1.23. The molecule has 0 aromatic carbocycles. The zero-order valence-corrected chi connectivity index (χ0v) is 6.73. The fourth-order valence-electron chi connectivity index (χ4n) is 1.12. The van der Waals surface area contributed by atoms with Gasteiger partial charge in [0.2, 0.25) is 0 Å². The van der Waals surface area contributed by atoms with Gasteiger partial charge in [0.25, 0.3) is 0 Å². The molecule has 0 saturated carbocycles. The van der Waals surface area contributed by atoms with Gasteiger partial charge in [0.15, 0.2) is 0 Å². The van der Waals surface area contributed by atoms with Crippen molar-refractivity contribution in [1.82, 2.24) is 0 Å². The lowest BCUT2D eigenvalue weighted by Gasteiger charge is -2.04. The Morgan fingerprint density at radius 3 is 3.10 bits per heavy atom. The van der Waals surface area contributed by atoms with Gasteiger partial charge in [-0.05, 0) is 25.3 Å². The molecule has 1 aliphatic carbocycles. The monoisotopic (exact) mass is 140 g/mol. The van der Waals surface area contributed by atoms with Crippen LogP contribution in [0.15, 0.2) is 11.8 Å². The summed E-state index contributed by atoms with van der Waals surface area (Å²) in [6.07, 6.45) is 8.33. The zero-order valence-electron chi connectivity index (χ0n) is 6.73. The van der Waals surface area contributed by atoms with E-state index in [1.165, 1.54) is 37.9 Å². The number of ether oxygens (including phenoxy) is 1. The van der Waals surface area contributed by atoms with Crippen molar-refractivity contribution in [1.29, 1.82) is 0 Å². The van der Waals surface area contributed by atoms with Crippen LogP contribution in [0.4, 0.5) is 0 Å². The molecule has 0 N–H and O–H groups in total. The highest BCUT2D eigenvalue weighted by molar-refractivity contribution is 4.99. The van der Waals surface area contributed by atoms with Gasteiger partial charge < -0.3 is 4.74 Å². The van der Waals surface area contributed by atoms with Crippen LogP contribution >= 0.6 is 0 Å². The van der Waals surface area contributed by atoms with E-state index in [1.54, 1.807) is 0 Å². The Bertz CT molecular complexity index is 116. The quantitative estimate of drug-likeness (QED) is 0.545. The minimum atomic E-state index is 0.919. The predicted molar refractivity (Wildman–Crippen MR) is 42.8 cm³/mol. The molecule has 0 atom stereocenters. The topological polar surface area (TPSA) is 9.23 Å².